The predicted molar refractivity (Wildman–Crippen MR) is 112 cm³/mol. The van der Waals surface area contributed by atoms with E-state index in [0.29, 0.717) is 5.69 Å². The molecule has 152 valence electrons. The molecule has 0 fully saturated rings. The molecule has 0 saturated carbocycles. The molecule has 0 unspecified atom stereocenters. The van der Waals surface area contributed by atoms with Crippen LogP contribution in [0.1, 0.15) is 11.9 Å². The molecule has 0 bridgehead atoms. The number of hydrogen-bond acceptors (Lipinski definition) is 5. The lowest BCUT2D eigenvalue weighted by Gasteiger charge is -2.20. The third-order valence-electron chi connectivity index (χ3n) is 4.19. The van der Waals surface area contributed by atoms with Crippen molar-refractivity contribution < 1.29 is 17.6 Å². The van der Waals surface area contributed by atoms with Gasteiger partial charge in [-0.05, 0) is 43.3 Å². The Morgan fingerprint density at radius 1 is 1.21 bits per heavy atom. The Labute approximate surface area is 173 Å². The van der Waals surface area contributed by atoms with E-state index in [4.69, 9.17) is 0 Å². The maximum Gasteiger partial charge on any atom is 0.243 e. The van der Waals surface area contributed by atoms with Crippen molar-refractivity contribution in [3.63, 3.8) is 0 Å². The Bertz CT molecular complexity index is 1110. The minimum atomic E-state index is -3.91. The van der Waals surface area contributed by atoms with E-state index in [-0.39, 0.29) is 18.0 Å². The van der Waals surface area contributed by atoms with Crippen molar-refractivity contribution >= 4 is 33.0 Å². The van der Waals surface area contributed by atoms with E-state index in [1.807, 2.05) is 18.4 Å². The monoisotopic (exact) mass is 433 g/mol. The number of amides is 1. The molecule has 0 aliphatic carbocycles. The van der Waals surface area contributed by atoms with E-state index in [1.165, 1.54) is 23.5 Å². The van der Waals surface area contributed by atoms with Gasteiger partial charge in [0, 0.05) is 23.2 Å². The van der Waals surface area contributed by atoms with Gasteiger partial charge in [-0.15, -0.1) is 11.3 Å². The van der Waals surface area contributed by atoms with Crippen LogP contribution in [0, 0.1) is 12.7 Å². The molecule has 2 aromatic carbocycles. The highest BCUT2D eigenvalue weighted by Gasteiger charge is 2.25. The van der Waals surface area contributed by atoms with Gasteiger partial charge in [0.2, 0.25) is 15.9 Å². The number of benzene rings is 2. The fraction of sp³-hybridized carbons (Fsp3) is 0.200. The minimum absolute atomic E-state index is 0.0607. The Morgan fingerprint density at radius 3 is 2.55 bits per heavy atom. The maximum atomic E-state index is 13.1. The van der Waals surface area contributed by atoms with E-state index in [1.54, 1.807) is 25.1 Å². The second kappa shape index (κ2) is 8.81. The Hall–Kier alpha value is -2.62. The highest BCUT2D eigenvalue weighted by atomic mass is 32.2. The molecule has 0 aliphatic rings. The van der Waals surface area contributed by atoms with Crippen LogP contribution in [0.3, 0.4) is 0 Å². The number of sulfonamides is 1. The smallest absolute Gasteiger partial charge is 0.243 e. The summed E-state index contributed by atoms with van der Waals surface area (Å²) in [5.74, 6) is -0.996. The lowest BCUT2D eigenvalue weighted by molar-refractivity contribution is -0.116. The number of likely N-dealkylation sites (N-methyl/N-ethyl adjacent to an activating group) is 1. The zero-order valence-corrected chi connectivity index (χ0v) is 17.6. The molecule has 0 spiro atoms. The van der Waals surface area contributed by atoms with Gasteiger partial charge in [-0.1, -0.05) is 19.1 Å². The van der Waals surface area contributed by atoms with Crippen molar-refractivity contribution in [2.75, 3.05) is 18.4 Å². The molecule has 6 nitrogen and oxygen atoms in total. The molecule has 1 aromatic heterocycles. The van der Waals surface area contributed by atoms with Crippen LogP contribution in [0.5, 0.6) is 0 Å². The number of hydrogen-bond donors (Lipinski definition) is 1. The summed E-state index contributed by atoms with van der Waals surface area (Å²) < 4.78 is 39.6. The van der Waals surface area contributed by atoms with Crippen molar-refractivity contribution in [2.45, 2.75) is 18.7 Å². The number of carbonyl (C=O) groups excluding carboxylic acids is 1. The molecule has 0 saturated heterocycles. The van der Waals surface area contributed by atoms with E-state index in [9.17, 15) is 17.6 Å². The highest BCUT2D eigenvalue weighted by Crippen LogP contribution is 2.24. The van der Waals surface area contributed by atoms with Crippen LogP contribution in [-0.4, -0.2) is 36.7 Å². The normalized spacial score (nSPS) is 11.6. The second-order valence-corrected chi connectivity index (χ2v) is 9.27. The van der Waals surface area contributed by atoms with Crippen LogP contribution >= 0.6 is 11.3 Å². The molecule has 29 heavy (non-hydrogen) atoms. The summed E-state index contributed by atoms with van der Waals surface area (Å²) in [6.07, 6.45) is 0. The number of halogens is 1. The SMILES string of the molecule is CCN(CC(=O)Nc1cccc(-c2csc(C)n2)c1)S(=O)(=O)c1ccc(F)cc1. The highest BCUT2D eigenvalue weighted by molar-refractivity contribution is 7.89. The number of aryl methyl sites for hydroxylation is 1. The summed E-state index contributed by atoms with van der Waals surface area (Å²) in [5.41, 5.74) is 2.23. The first-order valence-corrected chi connectivity index (χ1v) is 11.2. The number of rotatable bonds is 7. The van der Waals surface area contributed by atoms with Crippen molar-refractivity contribution in [3.05, 3.63) is 64.7 Å². The van der Waals surface area contributed by atoms with Gasteiger partial charge in [0.05, 0.1) is 22.1 Å². The Balaban J connectivity index is 1.73. The predicted octanol–water partition coefficient (Wildman–Crippen LogP) is 3.91. The Kier molecular flexibility index (Phi) is 6.41. The van der Waals surface area contributed by atoms with Crippen molar-refractivity contribution in [2.24, 2.45) is 0 Å². The van der Waals surface area contributed by atoms with Gasteiger partial charge in [0.25, 0.3) is 0 Å². The van der Waals surface area contributed by atoms with Gasteiger partial charge >= 0.3 is 0 Å². The van der Waals surface area contributed by atoms with Gasteiger partial charge < -0.3 is 5.32 Å². The zero-order chi connectivity index (χ0) is 21.0. The molecule has 0 radical (unpaired) electrons. The molecule has 3 aromatic rings. The van der Waals surface area contributed by atoms with E-state index >= 15 is 0 Å². The fourth-order valence-electron chi connectivity index (χ4n) is 2.74. The number of thiazole rings is 1. The van der Waals surface area contributed by atoms with E-state index in [2.05, 4.69) is 10.3 Å². The lowest BCUT2D eigenvalue weighted by atomic mass is 10.1. The molecule has 1 amide bonds. The minimum Gasteiger partial charge on any atom is -0.325 e. The Morgan fingerprint density at radius 2 is 1.93 bits per heavy atom. The van der Waals surface area contributed by atoms with Crippen LogP contribution in [-0.2, 0) is 14.8 Å². The fourth-order valence-corrected chi connectivity index (χ4v) is 4.76. The van der Waals surface area contributed by atoms with Crippen molar-refractivity contribution in [3.8, 4) is 11.3 Å². The average Bonchev–Trinajstić information content (AvgIpc) is 3.13. The molecule has 9 heteroatoms. The summed E-state index contributed by atoms with van der Waals surface area (Å²) in [4.78, 5) is 16.8. The summed E-state index contributed by atoms with van der Waals surface area (Å²) >= 11 is 1.54. The number of carbonyl (C=O) groups is 1. The van der Waals surface area contributed by atoms with Crippen LogP contribution < -0.4 is 5.32 Å². The lowest BCUT2D eigenvalue weighted by Crippen LogP contribution is -2.37. The quantitative estimate of drug-likeness (QED) is 0.613. The third-order valence-corrected chi connectivity index (χ3v) is 6.89. The van der Waals surface area contributed by atoms with E-state index < -0.39 is 21.7 Å². The molecule has 3 rings (SSSR count). The van der Waals surface area contributed by atoms with Gasteiger partial charge in [-0.25, -0.2) is 17.8 Å². The van der Waals surface area contributed by atoms with Gasteiger partial charge in [-0.3, -0.25) is 4.79 Å². The van der Waals surface area contributed by atoms with Crippen LogP contribution in [0.4, 0.5) is 10.1 Å². The molecule has 0 aliphatic heterocycles. The van der Waals surface area contributed by atoms with E-state index in [0.717, 1.165) is 32.7 Å². The first kappa shape index (κ1) is 21.1. The molecule has 0 atom stereocenters. The number of aromatic nitrogens is 1. The molecule has 1 N–H and O–H groups in total. The van der Waals surface area contributed by atoms with Gasteiger partial charge in [0.15, 0.2) is 0 Å². The van der Waals surface area contributed by atoms with Crippen LogP contribution in [0.15, 0.2) is 58.8 Å². The van der Waals surface area contributed by atoms with Crippen molar-refractivity contribution in [1.82, 2.24) is 9.29 Å². The second-order valence-electron chi connectivity index (χ2n) is 6.27. The average molecular weight is 434 g/mol. The van der Waals surface area contributed by atoms with Crippen molar-refractivity contribution in [1.29, 1.82) is 0 Å². The summed E-state index contributed by atoms with van der Waals surface area (Å²) in [6.45, 7) is 3.31. The summed E-state index contributed by atoms with van der Waals surface area (Å²) in [5, 5.41) is 5.61. The molecular formula is C20H20FN3O3S2. The first-order valence-electron chi connectivity index (χ1n) is 8.87. The first-order chi connectivity index (χ1) is 13.8. The van der Waals surface area contributed by atoms with Crippen LogP contribution in [0.2, 0.25) is 0 Å². The molecule has 1 heterocycles. The topological polar surface area (TPSA) is 79.4 Å². The number of nitrogens with zero attached hydrogens (tertiary/aromatic N) is 2. The zero-order valence-electron chi connectivity index (χ0n) is 15.9. The maximum absolute atomic E-state index is 13.1. The molecular weight excluding hydrogens is 413 g/mol. The largest absolute Gasteiger partial charge is 0.325 e. The standard InChI is InChI=1S/C20H20FN3O3S2/c1-3-24(29(26,27)18-9-7-16(21)8-10-18)12-20(25)23-17-6-4-5-15(11-17)19-13-28-14(2)22-19/h4-11,13H,3,12H2,1-2H3,(H,23,25). The van der Waals surface area contributed by atoms with Crippen LogP contribution in [0.25, 0.3) is 11.3 Å². The summed E-state index contributed by atoms with van der Waals surface area (Å²) in [6, 6.07) is 11.7. The number of nitrogens with one attached hydrogen (secondary N) is 1. The van der Waals surface area contributed by atoms with Gasteiger partial charge in [-0.2, -0.15) is 4.31 Å². The van der Waals surface area contributed by atoms with Gasteiger partial charge in [0.1, 0.15) is 5.82 Å². The number of anilines is 1. The summed E-state index contributed by atoms with van der Waals surface area (Å²) in [7, 11) is -3.91. The third kappa shape index (κ3) is 5.06.